The quantitative estimate of drug-likeness (QED) is 0.526. The van der Waals surface area contributed by atoms with Crippen LogP contribution in [0, 0.1) is 11.3 Å². The van der Waals surface area contributed by atoms with E-state index in [1.807, 2.05) is 0 Å². The van der Waals surface area contributed by atoms with Crippen molar-refractivity contribution in [2.24, 2.45) is 0 Å². The Morgan fingerprint density at radius 2 is 1.77 bits per heavy atom. The number of fused-ring (bicyclic) bond motifs is 1. The molecule has 0 aliphatic heterocycles. The molecule has 0 saturated heterocycles. The van der Waals surface area contributed by atoms with Gasteiger partial charge in [0.2, 0.25) is 5.43 Å². The summed E-state index contributed by atoms with van der Waals surface area (Å²) >= 11 is 0. The predicted octanol–water partition coefficient (Wildman–Crippen LogP) is 4.62. The molecule has 6 heteroatoms. The molecule has 1 N–H and O–H groups in total. The van der Waals surface area contributed by atoms with E-state index in [1.54, 1.807) is 61.7 Å². The molecule has 3 aromatic carbocycles. The average Bonchev–Trinajstić information content (AvgIpc) is 2.78. The first-order valence-electron chi connectivity index (χ1n) is 9.14. The van der Waals surface area contributed by atoms with Crippen molar-refractivity contribution in [3.05, 3.63) is 88.3 Å². The van der Waals surface area contributed by atoms with Crippen LogP contribution in [-0.4, -0.2) is 12.2 Å². The number of benzene rings is 3. The van der Waals surface area contributed by atoms with Crippen molar-refractivity contribution in [3.63, 3.8) is 0 Å². The van der Waals surface area contributed by atoms with Crippen molar-refractivity contribution in [1.82, 2.24) is 0 Å². The van der Waals surface area contributed by atoms with Crippen LogP contribution in [0.1, 0.15) is 11.1 Å². The van der Waals surface area contributed by atoms with Gasteiger partial charge in [0.15, 0.2) is 0 Å². The first kappa shape index (κ1) is 19.1. The van der Waals surface area contributed by atoms with Gasteiger partial charge in [0.25, 0.3) is 0 Å². The summed E-state index contributed by atoms with van der Waals surface area (Å²) in [5.74, 6) is 0.826. The Morgan fingerprint density at radius 1 is 1.03 bits per heavy atom. The molecule has 0 amide bonds. The number of rotatable bonds is 5. The molecule has 1 heterocycles. The molecule has 0 aliphatic carbocycles. The van der Waals surface area contributed by atoms with Crippen LogP contribution in [0.25, 0.3) is 22.1 Å². The standard InChI is InChI=1S/C24H17NO5/c1-28-18-8-6-17(7-9-18)20-14-30-22-11-19(10-21(26)23(22)24(20)27)29-13-16-4-2-15(12-25)3-5-16/h2-11,14,26H,13H2,1H3. The van der Waals surface area contributed by atoms with E-state index in [4.69, 9.17) is 19.2 Å². The minimum absolute atomic E-state index is 0.0917. The molecule has 0 bridgehead atoms. The topological polar surface area (TPSA) is 92.7 Å². The molecule has 0 aliphatic rings. The molecular weight excluding hydrogens is 382 g/mol. The molecule has 4 aromatic rings. The predicted molar refractivity (Wildman–Crippen MR) is 112 cm³/mol. The minimum atomic E-state index is -0.336. The van der Waals surface area contributed by atoms with Gasteiger partial charge in [-0.1, -0.05) is 24.3 Å². The Kier molecular flexibility index (Phi) is 5.10. The highest BCUT2D eigenvalue weighted by Crippen LogP contribution is 2.31. The van der Waals surface area contributed by atoms with E-state index in [1.165, 1.54) is 12.3 Å². The van der Waals surface area contributed by atoms with Gasteiger partial charge in [-0.15, -0.1) is 0 Å². The summed E-state index contributed by atoms with van der Waals surface area (Å²) in [6.45, 7) is 0.241. The van der Waals surface area contributed by atoms with Crippen LogP contribution < -0.4 is 14.9 Å². The van der Waals surface area contributed by atoms with Crippen molar-refractivity contribution < 1.29 is 19.0 Å². The highest BCUT2D eigenvalue weighted by Gasteiger charge is 2.15. The molecule has 1 aromatic heterocycles. The van der Waals surface area contributed by atoms with Gasteiger partial charge >= 0.3 is 0 Å². The molecule has 0 unspecified atom stereocenters. The Hall–Kier alpha value is -4.24. The molecule has 0 spiro atoms. The Balaban J connectivity index is 1.63. The van der Waals surface area contributed by atoms with E-state index in [-0.39, 0.29) is 28.8 Å². The smallest absolute Gasteiger partial charge is 0.204 e. The van der Waals surface area contributed by atoms with E-state index in [9.17, 15) is 9.90 Å². The van der Waals surface area contributed by atoms with E-state index in [0.717, 1.165) is 5.56 Å². The number of ether oxygens (including phenoxy) is 2. The highest BCUT2D eigenvalue weighted by atomic mass is 16.5. The zero-order valence-electron chi connectivity index (χ0n) is 16.1. The van der Waals surface area contributed by atoms with Gasteiger partial charge < -0.3 is 19.0 Å². The Bertz CT molecular complexity index is 1300. The fourth-order valence-corrected chi connectivity index (χ4v) is 3.10. The third-order valence-electron chi connectivity index (χ3n) is 4.72. The number of phenols is 1. The lowest BCUT2D eigenvalue weighted by atomic mass is 10.0. The maximum atomic E-state index is 12.9. The van der Waals surface area contributed by atoms with Crippen molar-refractivity contribution in [2.45, 2.75) is 6.61 Å². The second-order valence-corrected chi connectivity index (χ2v) is 6.62. The van der Waals surface area contributed by atoms with Crippen molar-refractivity contribution in [3.8, 4) is 34.4 Å². The van der Waals surface area contributed by atoms with Gasteiger partial charge in [0.1, 0.15) is 41.1 Å². The number of phenolic OH excluding ortho intramolecular Hbond substituents is 1. The van der Waals surface area contributed by atoms with Crippen LogP contribution in [0.2, 0.25) is 0 Å². The van der Waals surface area contributed by atoms with Crippen LogP contribution >= 0.6 is 0 Å². The molecule has 0 atom stereocenters. The summed E-state index contributed by atoms with van der Waals surface area (Å²) < 4.78 is 16.5. The number of nitriles is 1. The van der Waals surface area contributed by atoms with Gasteiger partial charge in [-0.25, -0.2) is 0 Å². The van der Waals surface area contributed by atoms with Gasteiger partial charge in [-0.3, -0.25) is 4.79 Å². The lowest BCUT2D eigenvalue weighted by Crippen LogP contribution is -2.05. The summed E-state index contributed by atoms with van der Waals surface area (Å²) in [4.78, 5) is 12.9. The van der Waals surface area contributed by atoms with Crippen LogP contribution in [0.5, 0.6) is 17.2 Å². The third-order valence-corrected chi connectivity index (χ3v) is 4.72. The van der Waals surface area contributed by atoms with Gasteiger partial charge in [0, 0.05) is 12.1 Å². The lowest BCUT2D eigenvalue weighted by Gasteiger charge is -2.09. The number of hydrogen-bond acceptors (Lipinski definition) is 6. The summed E-state index contributed by atoms with van der Waals surface area (Å²) in [5.41, 5.74) is 2.32. The Labute approximate surface area is 172 Å². The summed E-state index contributed by atoms with van der Waals surface area (Å²) in [6, 6.07) is 19.0. The van der Waals surface area contributed by atoms with Crippen LogP contribution in [-0.2, 0) is 6.61 Å². The molecule has 0 fully saturated rings. The molecular formula is C24H17NO5. The molecule has 6 nitrogen and oxygen atoms in total. The summed E-state index contributed by atoms with van der Waals surface area (Å²) in [5, 5.41) is 19.4. The lowest BCUT2D eigenvalue weighted by molar-refractivity contribution is 0.304. The van der Waals surface area contributed by atoms with Gasteiger partial charge in [-0.2, -0.15) is 5.26 Å². The second-order valence-electron chi connectivity index (χ2n) is 6.62. The number of methoxy groups -OCH3 is 1. The number of nitrogens with zero attached hydrogens (tertiary/aromatic N) is 1. The SMILES string of the molecule is COc1ccc(-c2coc3cc(OCc4ccc(C#N)cc4)cc(O)c3c2=O)cc1. The molecule has 0 radical (unpaired) electrons. The molecule has 148 valence electrons. The second kappa shape index (κ2) is 8.02. The number of hydrogen-bond donors (Lipinski definition) is 1. The molecule has 4 rings (SSSR count). The van der Waals surface area contributed by atoms with Crippen LogP contribution in [0.3, 0.4) is 0 Å². The highest BCUT2D eigenvalue weighted by molar-refractivity contribution is 5.88. The van der Waals surface area contributed by atoms with Crippen LogP contribution in [0.4, 0.5) is 0 Å². The van der Waals surface area contributed by atoms with Crippen LogP contribution in [0.15, 0.2) is 76.1 Å². The minimum Gasteiger partial charge on any atom is -0.507 e. The number of aromatic hydroxyl groups is 1. The third kappa shape index (κ3) is 3.69. The fourth-order valence-electron chi connectivity index (χ4n) is 3.10. The first-order chi connectivity index (χ1) is 14.6. The zero-order chi connectivity index (χ0) is 21.1. The van der Waals surface area contributed by atoms with E-state index in [0.29, 0.717) is 28.2 Å². The summed E-state index contributed by atoms with van der Waals surface area (Å²) in [6.07, 6.45) is 1.37. The normalized spacial score (nSPS) is 10.5. The zero-order valence-corrected chi connectivity index (χ0v) is 16.1. The van der Waals surface area contributed by atoms with E-state index >= 15 is 0 Å². The maximum absolute atomic E-state index is 12.9. The first-order valence-corrected chi connectivity index (χ1v) is 9.14. The fraction of sp³-hybridized carbons (Fsp3) is 0.0833. The maximum Gasteiger partial charge on any atom is 0.204 e. The van der Waals surface area contributed by atoms with Gasteiger partial charge in [0.05, 0.1) is 24.3 Å². The Morgan fingerprint density at radius 3 is 2.43 bits per heavy atom. The van der Waals surface area contributed by atoms with Crippen molar-refractivity contribution >= 4 is 11.0 Å². The van der Waals surface area contributed by atoms with Crippen molar-refractivity contribution in [2.75, 3.05) is 7.11 Å². The molecule has 30 heavy (non-hydrogen) atoms. The average molecular weight is 399 g/mol. The van der Waals surface area contributed by atoms with E-state index < -0.39 is 0 Å². The van der Waals surface area contributed by atoms with Crippen molar-refractivity contribution in [1.29, 1.82) is 5.26 Å². The monoisotopic (exact) mass is 399 g/mol. The largest absolute Gasteiger partial charge is 0.507 e. The molecule has 0 saturated carbocycles. The van der Waals surface area contributed by atoms with E-state index in [2.05, 4.69) is 6.07 Å². The summed E-state index contributed by atoms with van der Waals surface area (Å²) in [7, 11) is 1.57. The van der Waals surface area contributed by atoms with Gasteiger partial charge in [-0.05, 0) is 35.4 Å².